The Bertz CT molecular complexity index is 676. The van der Waals surface area contributed by atoms with Gasteiger partial charge in [0, 0.05) is 6.54 Å². The van der Waals surface area contributed by atoms with Gasteiger partial charge in [0.1, 0.15) is 0 Å². The average Bonchev–Trinajstić information content (AvgIpc) is 2.39. The molecule has 0 radical (unpaired) electrons. The predicted molar refractivity (Wildman–Crippen MR) is 81.8 cm³/mol. The van der Waals surface area contributed by atoms with Crippen LogP contribution in [0.25, 0.3) is 0 Å². The second-order valence-electron chi connectivity index (χ2n) is 5.05. The van der Waals surface area contributed by atoms with E-state index >= 15 is 0 Å². The summed E-state index contributed by atoms with van der Waals surface area (Å²) in [5, 5.41) is 0. The lowest BCUT2D eigenvalue weighted by Gasteiger charge is -2.08. The molecule has 4 heteroatoms. The van der Waals surface area contributed by atoms with Gasteiger partial charge in [-0.15, -0.1) is 0 Å². The summed E-state index contributed by atoms with van der Waals surface area (Å²) >= 11 is 0. The molecule has 2 aromatic carbocycles. The van der Waals surface area contributed by atoms with Crippen LogP contribution in [0, 0.1) is 13.8 Å². The van der Waals surface area contributed by atoms with Crippen molar-refractivity contribution in [2.24, 2.45) is 0 Å². The SMILES string of the molecule is Cc1ccc(CS(=O)(=O)NCc2cccc(C)c2)cc1. The van der Waals surface area contributed by atoms with Gasteiger partial charge in [-0.3, -0.25) is 0 Å². The minimum absolute atomic E-state index is 0.0130. The summed E-state index contributed by atoms with van der Waals surface area (Å²) in [6, 6.07) is 15.4. The summed E-state index contributed by atoms with van der Waals surface area (Å²) < 4.78 is 26.7. The molecule has 2 rings (SSSR count). The van der Waals surface area contributed by atoms with Crippen LogP contribution in [0.15, 0.2) is 48.5 Å². The summed E-state index contributed by atoms with van der Waals surface area (Å²) in [6.07, 6.45) is 0. The lowest BCUT2D eigenvalue weighted by Crippen LogP contribution is -2.24. The normalized spacial score (nSPS) is 11.5. The Morgan fingerprint density at radius 3 is 2.25 bits per heavy atom. The van der Waals surface area contributed by atoms with Gasteiger partial charge >= 0.3 is 0 Å². The summed E-state index contributed by atoms with van der Waals surface area (Å²) in [5.41, 5.74) is 4.02. The standard InChI is InChI=1S/C16H19NO2S/c1-13-6-8-15(9-7-13)12-20(18,19)17-11-16-5-3-4-14(2)10-16/h3-10,17H,11-12H2,1-2H3. The molecule has 0 saturated carbocycles. The topological polar surface area (TPSA) is 46.2 Å². The zero-order valence-electron chi connectivity index (χ0n) is 11.8. The van der Waals surface area contributed by atoms with E-state index in [-0.39, 0.29) is 5.75 Å². The number of aryl methyl sites for hydroxylation is 2. The number of hydrogen-bond donors (Lipinski definition) is 1. The van der Waals surface area contributed by atoms with Crippen molar-refractivity contribution in [1.29, 1.82) is 0 Å². The minimum atomic E-state index is -3.31. The molecule has 0 saturated heterocycles. The maximum Gasteiger partial charge on any atom is 0.216 e. The van der Waals surface area contributed by atoms with Gasteiger partial charge in [-0.05, 0) is 25.0 Å². The van der Waals surface area contributed by atoms with E-state index in [0.29, 0.717) is 6.54 Å². The molecule has 0 aliphatic heterocycles. The van der Waals surface area contributed by atoms with Gasteiger partial charge in [-0.25, -0.2) is 13.1 Å². The molecule has 106 valence electrons. The van der Waals surface area contributed by atoms with Crippen molar-refractivity contribution in [2.45, 2.75) is 26.1 Å². The molecule has 0 fully saturated rings. The van der Waals surface area contributed by atoms with Crippen molar-refractivity contribution in [2.75, 3.05) is 0 Å². The number of sulfonamides is 1. The van der Waals surface area contributed by atoms with E-state index in [1.54, 1.807) is 0 Å². The molecule has 0 spiro atoms. The number of benzene rings is 2. The molecule has 0 heterocycles. The van der Waals surface area contributed by atoms with Gasteiger partial charge in [0.05, 0.1) is 5.75 Å². The Morgan fingerprint density at radius 2 is 1.60 bits per heavy atom. The molecule has 20 heavy (non-hydrogen) atoms. The highest BCUT2D eigenvalue weighted by molar-refractivity contribution is 7.88. The van der Waals surface area contributed by atoms with Crippen molar-refractivity contribution in [3.63, 3.8) is 0 Å². The van der Waals surface area contributed by atoms with E-state index < -0.39 is 10.0 Å². The van der Waals surface area contributed by atoms with E-state index in [1.165, 1.54) is 0 Å². The Balaban J connectivity index is 1.99. The Labute approximate surface area is 120 Å². The lowest BCUT2D eigenvalue weighted by molar-refractivity contribution is 0.580. The van der Waals surface area contributed by atoms with Gasteiger partial charge in [0.2, 0.25) is 10.0 Å². The monoisotopic (exact) mass is 289 g/mol. The third-order valence-electron chi connectivity index (χ3n) is 3.06. The number of hydrogen-bond acceptors (Lipinski definition) is 2. The highest BCUT2D eigenvalue weighted by atomic mass is 32.2. The molecule has 0 bridgehead atoms. The first-order valence-electron chi connectivity index (χ1n) is 6.53. The van der Waals surface area contributed by atoms with Gasteiger partial charge in [0.15, 0.2) is 0 Å². The van der Waals surface area contributed by atoms with Gasteiger partial charge in [-0.2, -0.15) is 0 Å². The van der Waals surface area contributed by atoms with Crippen LogP contribution in [0.1, 0.15) is 22.3 Å². The van der Waals surface area contributed by atoms with Crippen LogP contribution in [0.3, 0.4) is 0 Å². The van der Waals surface area contributed by atoms with E-state index in [0.717, 1.165) is 22.3 Å². The Kier molecular flexibility index (Phi) is 4.57. The van der Waals surface area contributed by atoms with Gasteiger partial charge < -0.3 is 0 Å². The van der Waals surface area contributed by atoms with E-state index in [1.807, 2.05) is 62.4 Å². The van der Waals surface area contributed by atoms with Crippen LogP contribution < -0.4 is 4.72 Å². The van der Waals surface area contributed by atoms with E-state index in [4.69, 9.17) is 0 Å². The van der Waals surface area contributed by atoms with Gasteiger partial charge in [0.25, 0.3) is 0 Å². The number of nitrogens with one attached hydrogen (secondary N) is 1. The van der Waals surface area contributed by atoms with Crippen molar-refractivity contribution >= 4 is 10.0 Å². The van der Waals surface area contributed by atoms with Crippen LogP contribution in [0.2, 0.25) is 0 Å². The second-order valence-corrected chi connectivity index (χ2v) is 6.86. The fourth-order valence-electron chi connectivity index (χ4n) is 1.97. The van der Waals surface area contributed by atoms with Crippen LogP contribution >= 0.6 is 0 Å². The molecular weight excluding hydrogens is 270 g/mol. The third kappa shape index (κ3) is 4.47. The molecule has 0 atom stereocenters. The van der Waals surface area contributed by atoms with Crippen LogP contribution in [0.4, 0.5) is 0 Å². The third-order valence-corrected chi connectivity index (χ3v) is 4.35. The lowest BCUT2D eigenvalue weighted by atomic mass is 10.1. The summed E-state index contributed by atoms with van der Waals surface area (Å²) in [4.78, 5) is 0. The minimum Gasteiger partial charge on any atom is -0.212 e. The average molecular weight is 289 g/mol. The van der Waals surface area contributed by atoms with Crippen molar-refractivity contribution in [1.82, 2.24) is 4.72 Å². The van der Waals surface area contributed by atoms with Crippen molar-refractivity contribution in [3.05, 3.63) is 70.8 Å². The first kappa shape index (κ1) is 14.8. The Morgan fingerprint density at radius 1 is 0.900 bits per heavy atom. The Hall–Kier alpha value is -1.65. The van der Waals surface area contributed by atoms with Crippen LogP contribution in [-0.2, 0) is 22.3 Å². The first-order chi connectivity index (χ1) is 9.44. The zero-order valence-corrected chi connectivity index (χ0v) is 12.6. The number of rotatable bonds is 5. The van der Waals surface area contributed by atoms with Crippen molar-refractivity contribution in [3.8, 4) is 0 Å². The molecule has 3 nitrogen and oxygen atoms in total. The largest absolute Gasteiger partial charge is 0.216 e. The maximum absolute atomic E-state index is 12.0. The quantitative estimate of drug-likeness (QED) is 0.920. The van der Waals surface area contributed by atoms with E-state index in [2.05, 4.69) is 4.72 Å². The molecule has 0 aliphatic carbocycles. The van der Waals surface area contributed by atoms with Crippen LogP contribution in [0.5, 0.6) is 0 Å². The molecule has 0 aromatic heterocycles. The predicted octanol–water partition coefficient (Wildman–Crippen LogP) is 2.92. The van der Waals surface area contributed by atoms with Crippen LogP contribution in [-0.4, -0.2) is 8.42 Å². The molecule has 0 unspecified atom stereocenters. The molecule has 0 aliphatic rings. The molecule has 2 aromatic rings. The second kappa shape index (κ2) is 6.20. The van der Waals surface area contributed by atoms with Crippen molar-refractivity contribution < 1.29 is 8.42 Å². The first-order valence-corrected chi connectivity index (χ1v) is 8.18. The van der Waals surface area contributed by atoms with Gasteiger partial charge in [-0.1, -0.05) is 59.7 Å². The fraction of sp³-hybridized carbons (Fsp3) is 0.250. The fourth-order valence-corrected chi connectivity index (χ4v) is 3.09. The van der Waals surface area contributed by atoms with E-state index in [9.17, 15) is 8.42 Å². The summed E-state index contributed by atoms with van der Waals surface area (Å²) in [6.45, 7) is 4.30. The molecular formula is C16H19NO2S. The highest BCUT2D eigenvalue weighted by Gasteiger charge is 2.11. The molecule has 1 N–H and O–H groups in total. The zero-order chi connectivity index (χ0) is 14.6. The highest BCUT2D eigenvalue weighted by Crippen LogP contribution is 2.08. The summed E-state index contributed by atoms with van der Waals surface area (Å²) in [7, 11) is -3.31. The molecule has 0 amide bonds. The maximum atomic E-state index is 12.0. The summed E-state index contributed by atoms with van der Waals surface area (Å²) in [5.74, 6) is 0.0130. The smallest absolute Gasteiger partial charge is 0.212 e.